The van der Waals surface area contributed by atoms with E-state index in [1.54, 1.807) is 0 Å². The van der Waals surface area contributed by atoms with Crippen molar-refractivity contribution < 1.29 is 18.0 Å². The standard InChI is InChI=1S/C17H19F3N4O/c1-2-3-4-10-21-16-22-11-9-14(24-16)15(25)23-13-7-5-12(6-8-13)17(18,19)20/h5-9,11H,2-4,10H2,1H3,(H,23,25)(H,21,22,24). The number of alkyl halides is 3. The van der Waals surface area contributed by atoms with Gasteiger partial charge in [-0.1, -0.05) is 19.8 Å². The van der Waals surface area contributed by atoms with Crippen LogP contribution in [0.25, 0.3) is 0 Å². The van der Waals surface area contributed by atoms with Gasteiger partial charge in [0.05, 0.1) is 5.56 Å². The fourth-order valence-corrected chi connectivity index (χ4v) is 2.08. The summed E-state index contributed by atoms with van der Waals surface area (Å²) >= 11 is 0. The van der Waals surface area contributed by atoms with Crippen molar-refractivity contribution in [1.82, 2.24) is 9.97 Å². The highest BCUT2D eigenvalue weighted by atomic mass is 19.4. The van der Waals surface area contributed by atoms with Crippen molar-refractivity contribution >= 4 is 17.5 Å². The molecule has 0 spiro atoms. The topological polar surface area (TPSA) is 66.9 Å². The Balaban J connectivity index is 1.98. The normalized spacial score (nSPS) is 11.2. The summed E-state index contributed by atoms with van der Waals surface area (Å²) < 4.78 is 37.6. The zero-order valence-electron chi connectivity index (χ0n) is 13.7. The number of benzene rings is 1. The number of unbranched alkanes of at least 4 members (excludes halogenated alkanes) is 2. The number of halogens is 3. The number of anilines is 2. The van der Waals surface area contributed by atoms with Crippen LogP contribution < -0.4 is 10.6 Å². The maximum Gasteiger partial charge on any atom is 0.416 e. The van der Waals surface area contributed by atoms with E-state index in [2.05, 4.69) is 27.5 Å². The Morgan fingerprint density at radius 3 is 2.48 bits per heavy atom. The van der Waals surface area contributed by atoms with Crippen LogP contribution in [0, 0.1) is 0 Å². The number of aromatic nitrogens is 2. The van der Waals surface area contributed by atoms with Crippen LogP contribution in [0.1, 0.15) is 42.2 Å². The number of nitrogens with zero attached hydrogens (tertiary/aromatic N) is 2. The van der Waals surface area contributed by atoms with Crippen LogP contribution in [0.2, 0.25) is 0 Å². The molecule has 0 aliphatic rings. The molecule has 1 heterocycles. The lowest BCUT2D eigenvalue weighted by molar-refractivity contribution is -0.137. The fourth-order valence-electron chi connectivity index (χ4n) is 2.08. The summed E-state index contributed by atoms with van der Waals surface area (Å²) in [4.78, 5) is 20.3. The van der Waals surface area contributed by atoms with Crippen molar-refractivity contribution in [2.24, 2.45) is 0 Å². The van der Waals surface area contributed by atoms with Crippen LogP contribution in [0.15, 0.2) is 36.5 Å². The van der Waals surface area contributed by atoms with Gasteiger partial charge >= 0.3 is 6.18 Å². The number of nitrogens with one attached hydrogen (secondary N) is 2. The highest BCUT2D eigenvalue weighted by Crippen LogP contribution is 2.29. The van der Waals surface area contributed by atoms with E-state index < -0.39 is 17.6 Å². The van der Waals surface area contributed by atoms with Crippen LogP contribution in [-0.2, 0) is 6.18 Å². The Bertz CT molecular complexity index is 702. The predicted octanol–water partition coefficient (Wildman–Crippen LogP) is 4.35. The van der Waals surface area contributed by atoms with Gasteiger partial charge in [0.25, 0.3) is 5.91 Å². The molecule has 0 saturated carbocycles. The molecule has 0 aliphatic carbocycles. The first-order valence-electron chi connectivity index (χ1n) is 7.95. The van der Waals surface area contributed by atoms with Crippen LogP contribution in [0.4, 0.5) is 24.8 Å². The van der Waals surface area contributed by atoms with Crippen molar-refractivity contribution in [1.29, 1.82) is 0 Å². The molecule has 0 saturated heterocycles. The molecule has 1 amide bonds. The summed E-state index contributed by atoms with van der Waals surface area (Å²) in [5.74, 6) is -0.171. The van der Waals surface area contributed by atoms with E-state index in [-0.39, 0.29) is 11.4 Å². The SMILES string of the molecule is CCCCCNc1nccc(C(=O)Nc2ccc(C(F)(F)F)cc2)n1. The van der Waals surface area contributed by atoms with Gasteiger partial charge in [-0.2, -0.15) is 13.2 Å². The third kappa shape index (κ3) is 5.74. The summed E-state index contributed by atoms with van der Waals surface area (Å²) in [5.41, 5.74) is -0.381. The third-order valence-electron chi connectivity index (χ3n) is 3.42. The van der Waals surface area contributed by atoms with Crippen molar-refractivity contribution in [2.75, 3.05) is 17.2 Å². The van der Waals surface area contributed by atoms with E-state index >= 15 is 0 Å². The highest BCUT2D eigenvalue weighted by Gasteiger charge is 2.30. The molecule has 0 radical (unpaired) electrons. The molecule has 0 unspecified atom stereocenters. The molecule has 1 aromatic heterocycles. The zero-order valence-corrected chi connectivity index (χ0v) is 13.7. The van der Waals surface area contributed by atoms with Gasteiger partial charge in [0, 0.05) is 18.4 Å². The van der Waals surface area contributed by atoms with Gasteiger partial charge in [-0.25, -0.2) is 9.97 Å². The zero-order chi connectivity index (χ0) is 18.3. The number of amides is 1. The smallest absolute Gasteiger partial charge is 0.354 e. The molecular weight excluding hydrogens is 333 g/mol. The first-order valence-corrected chi connectivity index (χ1v) is 7.95. The predicted molar refractivity (Wildman–Crippen MR) is 89.4 cm³/mol. The van der Waals surface area contributed by atoms with Gasteiger partial charge in [-0.3, -0.25) is 4.79 Å². The van der Waals surface area contributed by atoms with Gasteiger partial charge < -0.3 is 10.6 Å². The second-order valence-electron chi connectivity index (χ2n) is 5.43. The number of carbonyl (C=O) groups is 1. The molecule has 2 N–H and O–H groups in total. The molecular formula is C17H19F3N4O. The van der Waals surface area contributed by atoms with Gasteiger partial charge in [-0.15, -0.1) is 0 Å². The molecule has 0 fully saturated rings. The fraction of sp³-hybridized carbons (Fsp3) is 0.353. The number of rotatable bonds is 7. The molecule has 0 atom stereocenters. The lowest BCUT2D eigenvalue weighted by atomic mass is 10.2. The molecule has 0 bridgehead atoms. The Labute approximate surface area is 143 Å². The minimum absolute atomic E-state index is 0.132. The summed E-state index contributed by atoms with van der Waals surface area (Å²) in [7, 11) is 0. The van der Waals surface area contributed by atoms with Gasteiger partial charge in [0.1, 0.15) is 5.69 Å². The van der Waals surface area contributed by atoms with Crippen LogP contribution in [0.5, 0.6) is 0 Å². The Morgan fingerprint density at radius 2 is 1.84 bits per heavy atom. The molecule has 25 heavy (non-hydrogen) atoms. The average Bonchev–Trinajstić information content (AvgIpc) is 2.59. The molecule has 0 aliphatic heterocycles. The number of carbonyl (C=O) groups excluding carboxylic acids is 1. The van der Waals surface area contributed by atoms with E-state index in [0.717, 1.165) is 31.4 Å². The maximum atomic E-state index is 12.5. The summed E-state index contributed by atoms with van der Waals surface area (Å²) in [5, 5.41) is 5.55. The summed E-state index contributed by atoms with van der Waals surface area (Å²) in [6, 6.07) is 5.67. The van der Waals surface area contributed by atoms with Crippen LogP contribution >= 0.6 is 0 Å². The number of hydrogen-bond donors (Lipinski definition) is 2. The summed E-state index contributed by atoms with van der Waals surface area (Å²) in [6.07, 6.45) is 0.200. The summed E-state index contributed by atoms with van der Waals surface area (Å²) in [6.45, 7) is 2.81. The first kappa shape index (κ1) is 18.7. The average molecular weight is 352 g/mol. The Kier molecular flexibility index (Phi) is 6.32. The van der Waals surface area contributed by atoms with Gasteiger partial charge in [0.2, 0.25) is 5.95 Å². The lowest BCUT2D eigenvalue weighted by Crippen LogP contribution is -2.16. The Hall–Kier alpha value is -2.64. The minimum atomic E-state index is -4.41. The second kappa shape index (κ2) is 8.46. The van der Waals surface area contributed by atoms with E-state index in [1.807, 2.05) is 0 Å². The molecule has 5 nitrogen and oxygen atoms in total. The van der Waals surface area contributed by atoms with Gasteiger partial charge in [-0.05, 0) is 36.8 Å². The van der Waals surface area contributed by atoms with E-state index in [4.69, 9.17) is 0 Å². The van der Waals surface area contributed by atoms with E-state index in [0.29, 0.717) is 12.5 Å². The highest BCUT2D eigenvalue weighted by molar-refractivity contribution is 6.02. The van der Waals surface area contributed by atoms with Crippen molar-refractivity contribution in [3.05, 3.63) is 47.8 Å². The largest absolute Gasteiger partial charge is 0.416 e. The molecule has 2 rings (SSSR count). The van der Waals surface area contributed by atoms with Crippen LogP contribution in [-0.4, -0.2) is 22.4 Å². The second-order valence-corrected chi connectivity index (χ2v) is 5.43. The van der Waals surface area contributed by atoms with Crippen LogP contribution in [0.3, 0.4) is 0 Å². The van der Waals surface area contributed by atoms with Crippen molar-refractivity contribution in [3.63, 3.8) is 0 Å². The number of hydrogen-bond acceptors (Lipinski definition) is 4. The monoisotopic (exact) mass is 352 g/mol. The minimum Gasteiger partial charge on any atom is -0.354 e. The van der Waals surface area contributed by atoms with Crippen molar-refractivity contribution in [3.8, 4) is 0 Å². The van der Waals surface area contributed by atoms with E-state index in [9.17, 15) is 18.0 Å². The quantitative estimate of drug-likeness (QED) is 0.727. The first-order chi connectivity index (χ1) is 11.9. The lowest BCUT2D eigenvalue weighted by Gasteiger charge is -2.09. The van der Waals surface area contributed by atoms with E-state index in [1.165, 1.54) is 24.4 Å². The maximum absolute atomic E-state index is 12.5. The Morgan fingerprint density at radius 1 is 1.12 bits per heavy atom. The van der Waals surface area contributed by atoms with Crippen molar-refractivity contribution in [2.45, 2.75) is 32.4 Å². The molecule has 2 aromatic rings. The molecule has 8 heteroatoms. The third-order valence-corrected chi connectivity index (χ3v) is 3.42. The molecule has 134 valence electrons. The van der Waals surface area contributed by atoms with Gasteiger partial charge in [0.15, 0.2) is 0 Å². The molecule has 1 aromatic carbocycles.